The molecule has 0 aliphatic carbocycles. The molecule has 0 atom stereocenters. The average molecular weight is 537 g/mol. The molecule has 0 fully saturated rings. The van der Waals surface area contributed by atoms with Crippen molar-refractivity contribution in [3.05, 3.63) is 108 Å². The Morgan fingerprint density at radius 3 is 0.538 bits per heavy atom. The predicted octanol–water partition coefficient (Wildman–Crippen LogP) is 13.4. The van der Waals surface area contributed by atoms with Crippen molar-refractivity contribution in [1.82, 2.24) is 0 Å². The van der Waals surface area contributed by atoms with Crippen LogP contribution in [0.15, 0.2) is 91.0 Å². The minimum atomic E-state index is 0.293. The van der Waals surface area contributed by atoms with Gasteiger partial charge in [-0.1, -0.05) is 215 Å². The van der Waals surface area contributed by atoms with Crippen molar-refractivity contribution < 1.29 is 0 Å². The molecular weight excluding hydrogens is 468 g/mol. The van der Waals surface area contributed by atoms with Crippen molar-refractivity contribution in [1.29, 1.82) is 0 Å². The van der Waals surface area contributed by atoms with Gasteiger partial charge in [0.1, 0.15) is 0 Å². The fraction of sp³-hybridized carbons (Fsp3) is 0.538. The molecule has 0 amide bonds. The molecule has 0 bridgehead atoms. The molecular formula is C39H68. The molecule has 0 saturated carbocycles. The van der Waals surface area contributed by atoms with E-state index in [4.69, 9.17) is 0 Å². The summed E-state index contributed by atoms with van der Waals surface area (Å²) in [5, 5.41) is 0. The van der Waals surface area contributed by atoms with Crippen LogP contribution in [0.2, 0.25) is 0 Å². The number of hydrogen-bond donors (Lipinski definition) is 0. The standard InChI is InChI=1S/3C10H14.C3H8.3C2H6/c3*1-10(2,3)9-7-5-4-6-8-9;1-3-2;3*1-2/h3*4-8H,1-3H3;3H2,1-2H3;3*1-2H3. The maximum atomic E-state index is 2.22. The van der Waals surface area contributed by atoms with Crippen LogP contribution >= 0.6 is 0 Å². The van der Waals surface area contributed by atoms with E-state index < -0.39 is 0 Å². The Balaban J connectivity index is -0.000000205. The summed E-state index contributed by atoms with van der Waals surface area (Å²) in [6.07, 6.45) is 1.25. The van der Waals surface area contributed by atoms with Crippen molar-refractivity contribution in [2.45, 2.75) is 140 Å². The highest BCUT2D eigenvalue weighted by molar-refractivity contribution is 5.23. The summed E-state index contributed by atoms with van der Waals surface area (Å²) in [6, 6.07) is 31.7. The van der Waals surface area contributed by atoms with E-state index in [1.54, 1.807) is 0 Å². The lowest BCUT2D eigenvalue weighted by molar-refractivity contribution is 0.590. The lowest BCUT2D eigenvalue weighted by Gasteiger charge is -2.18. The third kappa shape index (κ3) is 25.7. The minimum absolute atomic E-state index is 0.293. The van der Waals surface area contributed by atoms with Gasteiger partial charge in [-0.15, -0.1) is 0 Å². The fourth-order valence-electron chi connectivity index (χ4n) is 2.81. The summed E-state index contributed by atoms with van der Waals surface area (Å²) in [4.78, 5) is 0. The van der Waals surface area contributed by atoms with Crippen LogP contribution < -0.4 is 0 Å². The highest BCUT2D eigenvalue weighted by Gasteiger charge is 2.12. The summed E-state index contributed by atoms with van der Waals surface area (Å²) >= 11 is 0. The largest absolute Gasteiger partial charge is 0.0683 e. The molecule has 0 saturated heterocycles. The average Bonchev–Trinajstić information content (AvgIpc) is 2.93. The van der Waals surface area contributed by atoms with E-state index in [0.29, 0.717) is 16.2 Å². The van der Waals surface area contributed by atoms with Crippen LogP contribution in [0.3, 0.4) is 0 Å². The van der Waals surface area contributed by atoms with E-state index in [0.717, 1.165) is 0 Å². The lowest BCUT2D eigenvalue weighted by atomic mass is 9.87. The second kappa shape index (κ2) is 25.9. The second-order valence-electron chi connectivity index (χ2n) is 11.6. The molecule has 0 unspecified atom stereocenters. The minimum Gasteiger partial charge on any atom is -0.0683 e. The van der Waals surface area contributed by atoms with Crippen LogP contribution in [0, 0.1) is 0 Å². The molecule has 3 aromatic carbocycles. The highest BCUT2D eigenvalue weighted by atomic mass is 14.2. The molecule has 0 spiro atoms. The quantitative estimate of drug-likeness (QED) is 0.268. The third-order valence-electron chi connectivity index (χ3n) is 4.92. The zero-order valence-electron chi connectivity index (χ0n) is 29.4. The Morgan fingerprint density at radius 2 is 0.462 bits per heavy atom. The molecule has 0 nitrogen and oxygen atoms in total. The molecule has 0 heteroatoms. The van der Waals surface area contributed by atoms with Crippen LogP contribution in [0.4, 0.5) is 0 Å². The van der Waals surface area contributed by atoms with Gasteiger partial charge in [0.05, 0.1) is 0 Å². The van der Waals surface area contributed by atoms with Crippen molar-refractivity contribution in [2.75, 3.05) is 0 Å². The monoisotopic (exact) mass is 537 g/mol. The molecule has 224 valence electrons. The van der Waals surface area contributed by atoms with Crippen LogP contribution in [0.25, 0.3) is 0 Å². The van der Waals surface area contributed by atoms with Crippen LogP contribution in [0.5, 0.6) is 0 Å². The maximum Gasteiger partial charge on any atom is -0.0132 e. The van der Waals surface area contributed by atoms with Gasteiger partial charge in [0.15, 0.2) is 0 Å². The van der Waals surface area contributed by atoms with Gasteiger partial charge in [-0.25, -0.2) is 0 Å². The second-order valence-corrected chi connectivity index (χ2v) is 11.6. The van der Waals surface area contributed by atoms with Crippen molar-refractivity contribution in [2.24, 2.45) is 0 Å². The SMILES string of the molecule is CC.CC.CC.CC(C)(C)c1ccccc1.CC(C)(C)c1ccccc1.CC(C)(C)c1ccccc1.CCC. The molecule has 0 N–H and O–H groups in total. The molecule has 0 radical (unpaired) electrons. The fourth-order valence-corrected chi connectivity index (χ4v) is 2.81. The zero-order chi connectivity index (χ0) is 31.5. The van der Waals surface area contributed by atoms with Crippen LogP contribution in [-0.2, 0) is 16.2 Å². The Morgan fingerprint density at radius 1 is 0.333 bits per heavy atom. The van der Waals surface area contributed by atoms with E-state index in [1.807, 2.05) is 41.5 Å². The van der Waals surface area contributed by atoms with E-state index in [2.05, 4.69) is 167 Å². The number of rotatable bonds is 0. The van der Waals surface area contributed by atoms with E-state index >= 15 is 0 Å². The lowest BCUT2D eigenvalue weighted by Crippen LogP contribution is -2.10. The van der Waals surface area contributed by atoms with E-state index in [9.17, 15) is 0 Å². The smallest absolute Gasteiger partial charge is 0.0132 e. The van der Waals surface area contributed by atoms with Crippen LogP contribution in [-0.4, -0.2) is 0 Å². The van der Waals surface area contributed by atoms with Gasteiger partial charge in [0.2, 0.25) is 0 Å². The van der Waals surface area contributed by atoms with Gasteiger partial charge in [0, 0.05) is 0 Å². The summed E-state index contributed by atoms with van der Waals surface area (Å²) in [7, 11) is 0. The topological polar surface area (TPSA) is 0 Å². The summed E-state index contributed by atoms with van der Waals surface area (Å²) in [6.45, 7) is 36.3. The highest BCUT2D eigenvalue weighted by Crippen LogP contribution is 2.22. The van der Waals surface area contributed by atoms with E-state index in [-0.39, 0.29) is 0 Å². The van der Waals surface area contributed by atoms with Crippen molar-refractivity contribution in [3.8, 4) is 0 Å². The van der Waals surface area contributed by atoms with Crippen molar-refractivity contribution >= 4 is 0 Å². The molecule has 0 aliphatic rings. The van der Waals surface area contributed by atoms with Gasteiger partial charge in [0.25, 0.3) is 0 Å². The molecule has 3 rings (SSSR count). The number of benzene rings is 3. The summed E-state index contributed by atoms with van der Waals surface area (Å²) in [5.41, 5.74) is 5.07. The van der Waals surface area contributed by atoms with Crippen LogP contribution in [0.1, 0.15) is 141 Å². The normalized spacial score (nSPS) is 9.77. The first-order valence-corrected chi connectivity index (χ1v) is 15.4. The molecule has 3 aromatic rings. The Hall–Kier alpha value is -2.34. The van der Waals surface area contributed by atoms with Crippen molar-refractivity contribution in [3.63, 3.8) is 0 Å². The Bertz CT molecular complexity index is 706. The predicted molar refractivity (Wildman–Crippen MR) is 185 cm³/mol. The van der Waals surface area contributed by atoms with Gasteiger partial charge in [-0.05, 0) is 32.9 Å². The molecule has 0 heterocycles. The molecule has 0 aliphatic heterocycles. The summed E-state index contributed by atoms with van der Waals surface area (Å²) in [5.74, 6) is 0. The van der Waals surface area contributed by atoms with Gasteiger partial charge in [-0.3, -0.25) is 0 Å². The van der Waals surface area contributed by atoms with Gasteiger partial charge in [-0.2, -0.15) is 0 Å². The zero-order valence-corrected chi connectivity index (χ0v) is 29.4. The molecule has 0 aromatic heterocycles. The Kier molecular flexibility index (Phi) is 29.0. The maximum absolute atomic E-state index is 2.22. The molecule has 39 heavy (non-hydrogen) atoms. The first kappa shape index (κ1) is 43.7. The first-order chi connectivity index (χ1) is 18.2. The van der Waals surface area contributed by atoms with Gasteiger partial charge >= 0.3 is 0 Å². The van der Waals surface area contributed by atoms with Gasteiger partial charge < -0.3 is 0 Å². The third-order valence-corrected chi connectivity index (χ3v) is 4.92. The van der Waals surface area contributed by atoms with E-state index in [1.165, 1.54) is 23.1 Å². The first-order valence-electron chi connectivity index (χ1n) is 15.4. The summed E-state index contributed by atoms with van der Waals surface area (Å²) < 4.78 is 0. The Labute approximate surface area is 247 Å². The number of hydrogen-bond acceptors (Lipinski definition) is 0.